The molecule has 10 heteroatoms. The number of nitrogens with one attached hydrogen (secondary N) is 1. The molecule has 0 unspecified atom stereocenters. The standard InChI is InChI=1S/C24H34N4O5S/c1-4-33-24(30)21-13-20(14-25)22(26-17(21)3)28-11-9-19(10-12-28)23(29)27-34(31,32)15-18-7-5-16(2)6-8-18/h13,16,18-19H,4-12,15H2,1-3H3,(H,27,29). The molecule has 0 atom stereocenters. The van der Waals surface area contributed by atoms with Crippen molar-refractivity contribution in [3.63, 3.8) is 0 Å². The number of ether oxygens (including phenoxy) is 1. The number of nitriles is 1. The number of carbonyl (C=O) groups is 2. The SMILES string of the molecule is CCOC(=O)c1cc(C#N)c(N2CCC(C(=O)NS(=O)(=O)CC3CCC(C)CC3)CC2)nc1C. The van der Waals surface area contributed by atoms with Crippen molar-refractivity contribution in [3.8, 4) is 6.07 Å². The van der Waals surface area contributed by atoms with E-state index in [2.05, 4.69) is 22.7 Å². The molecule has 0 radical (unpaired) electrons. The number of piperidine rings is 1. The van der Waals surface area contributed by atoms with Crippen molar-refractivity contribution in [1.29, 1.82) is 5.26 Å². The molecular formula is C24H34N4O5S. The minimum Gasteiger partial charge on any atom is -0.462 e. The summed E-state index contributed by atoms with van der Waals surface area (Å²) in [5.41, 5.74) is 0.991. The predicted octanol–water partition coefficient (Wildman–Crippen LogP) is 2.93. The molecule has 0 spiro atoms. The van der Waals surface area contributed by atoms with Crippen molar-refractivity contribution in [3.05, 3.63) is 22.9 Å². The Morgan fingerprint density at radius 3 is 2.44 bits per heavy atom. The highest BCUT2D eigenvalue weighted by Gasteiger charge is 2.31. The summed E-state index contributed by atoms with van der Waals surface area (Å²) >= 11 is 0. The van der Waals surface area contributed by atoms with Crippen molar-refractivity contribution in [2.45, 2.75) is 59.3 Å². The fourth-order valence-electron chi connectivity index (χ4n) is 4.77. The van der Waals surface area contributed by atoms with Gasteiger partial charge in [-0.2, -0.15) is 5.26 Å². The molecule has 0 aromatic carbocycles. The van der Waals surface area contributed by atoms with Crippen LogP contribution >= 0.6 is 0 Å². The van der Waals surface area contributed by atoms with Crippen LogP contribution in [-0.4, -0.2) is 50.7 Å². The van der Waals surface area contributed by atoms with E-state index in [9.17, 15) is 23.3 Å². The molecule has 2 fully saturated rings. The Labute approximate surface area is 201 Å². The average molecular weight is 491 g/mol. The Bertz CT molecular complexity index is 1050. The summed E-state index contributed by atoms with van der Waals surface area (Å²) < 4.78 is 32.4. The fraction of sp³-hybridized carbons (Fsp3) is 0.667. The first-order valence-electron chi connectivity index (χ1n) is 12.0. The fourth-order valence-corrected chi connectivity index (χ4v) is 6.28. The van der Waals surface area contributed by atoms with Crippen molar-refractivity contribution in [1.82, 2.24) is 9.71 Å². The molecule has 1 aliphatic heterocycles. The molecule has 2 aliphatic rings. The molecule has 9 nitrogen and oxygen atoms in total. The summed E-state index contributed by atoms with van der Waals surface area (Å²) in [6, 6.07) is 3.59. The zero-order valence-electron chi connectivity index (χ0n) is 20.2. The van der Waals surface area contributed by atoms with E-state index in [1.54, 1.807) is 13.8 Å². The molecule has 1 amide bonds. The third kappa shape index (κ3) is 6.47. The molecule has 0 bridgehead atoms. The van der Waals surface area contributed by atoms with Gasteiger partial charge >= 0.3 is 5.97 Å². The van der Waals surface area contributed by atoms with E-state index in [0.29, 0.717) is 43.4 Å². The largest absolute Gasteiger partial charge is 0.462 e. The number of anilines is 1. The zero-order chi connectivity index (χ0) is 24.9. The van der Waals surface area contributed by atoms with E-state index < -0.39 is 27.8 Å². The van der Waals surface area contributed by atoms with Gasteiger partial charge in [0.15, 0.2) is 0 Å². The van der Waals surface area contributed by atoms with Gasteiger partial charge in [-0.3, -0.25) is 9.52 Å². The first-order valence-corrected chi connectivity index (χ1v) is 13.7. The third-order valence-corrected chi connectivity index (χ3v) is 8.24. The van der Waals surface area contributed by atoms with Crippen LogP contribution in [0.15, 0.2) is 6.07 Å². The average Bonchev–Trinajstić information content (AvgIpc) is 2.80. The van der Waals surface area contributed by atoms with Gasteiger partial charge in [0.1, 0.15) is 11.9 Å². The normalized spacial score (nSPS) is 21.5. The van der Waals surface area contributed by atoms with Gasteiger partial charge in [-0.25, -0.2) is 18.2 Å². The van der Waals surface area contributed by atoms with Gasteiger partial charge in [0.2, 0.25) is 15.9 Å². The summed E-state index contributed by atoms with van der Waals surface area (Å²) in [7, 11) is -3.66. The van der Waals surface area contributed by atoms with Crippen LogP contribution in [0.25, 0.3) is 0 Å². The molecule has 1 N–H and O–H groups in total. The molecule has 1 aromatic heterocycles. The number of esters is 1. The number of pyridine rings is 1. The molecule has 1 aromatic rings. The van der Waals surface area contributed by atoms with Crippen LogP contribution in [-0.2, 0) is 19.6 Å². The summed E-state index contributed by atoms with van der Waals surface area (Å²) in [6.07, 6.45) is 4.74. The molecular weight excluding hydrogens is 456 g/mol. The maximum atomic E-state index is 12.7. The number of nitrogens with zero attached hydrogens (tertiary/aromatic N) is 3. The summed E-state index contributed by atoms with van der Waals surface area (Å²) in [5, 5.41) is 9.59. The van der Waals surface area contributed by atoms with Gasteiger partial charge in [-0.15, -0.1) is 0 Å². The van der Waals surface area contributed by atoms with E-state index >= 15 is 0 Å². The molecule has 1 saturated carbocycles. The summed E-state index contributed by atoms with van der Waals surface area (Å²) in [5.74, 6) is -0.166. The summed E-state index contributed by atoms with van der Waals surface area (Å²) in [4.78, 5) is 31.2. The highest BCUT2D eigenvalue weighted by Crippen LogP contribution is 2.30. The van der Waals surface area contributed by atoms with Gasteiger partial charge < -0.3 is 9.64 Å². The van der Waals surface area contributed by atoms with E-state index in [4.69, 9.17) is 4.74 Å². The third-order valence-electron chi connectivity index (χ3n) is 6.82. The highest BCUT2D eigenvalue weighted by molar-refractivity contribution is 7.90. The van der Waals surface area contributed by atoms with Crippen molar-refractivity contribution in [2.75, 3.05) is 30.3 Å². The van der Waals surface area contributed by atoms with Crippen molar-refractivity contribution in [2.24, 2.45) is 17.8 Å². The number of sulfonamides is 1. The quantitative estimate of drug-likeness (QED) is 0.578. The first kappa shape index (κ1) is 25.9. The molecule has 3 rings (SSSR count). The second-order valence-electron chi connectivity index (χ2n) is 9.46. The number of amides is 1. The number of aromatic nitrogens is 1. The van der Waals surface area contributed by atoms with Crippen LogP contribution in [0.1, 0.15) is 74.0 Å². The predicted molar refractivity (Wildman–Crippen MR) is 128 cm³/mol. The van der Waals surface area contributed by atoms with Crippen LogP contribution in [0, 0.1) is 36.0 Å². The van der Waals surface area contributed by atoms with E-state index in [-0.39, 0.29) is 29.4 Å². The molecule has 1 aliphatic carbocycles. The number of hydrogen-bond donors (Lipinski definition) is 1. The Hall–Kier alpha value is -2.67. The Kier molecular flexibility index (Phi) is 8.52. The number of hydrogen-bond acceptors (Lipinski definition) is 8. The van der Waals surface area contributed by atoms with E-state index in [0.717, 1.165) is 25.7 Å². The lowest BCUT2D eigenvalue weighted by Crippen LogP contribution is -2.44. The zero-order valence-corrected chi connectivity index (χ0v) is 21.0. The Balaban J connectivity index is 1.59. The van der Waals surface area contributed by atoms with Crippen LogP contribution in [0.5, 0.6) is 0 Å². The maximum absolute atomic E-state index is 12.7. The monoisotopic (exact) mass is 490 g/mol. The minimum atomic E-state index is -3.66. The lowest BCUT2D eigenvalue weighted by Gasteiger charge is -2.33. The number of rotatable bonds is 7. The second kappa shape index (κ2) is 11.2. The van der Waals surface area contributed by atoms with Crippen molar-refractivity contribution >= 4 is 27.7 Å². The number of aryl methyl sites for hydroxylation is 1. The summed E-state index contributed by atoms with van der Waals surface area (Å²) in [6.45, 7) is 6.73. The van der Waals surface area contributed by atoms with Gasteiger partial charge in [0.25, 0.3) is 0 Å². The minimum absolute atomic E-state index is 0.00580. The first-order chi connectivity index (χ1) is 16.1. The maximum Gasteiger partial charge on any atom is 0.340 e. The second-order valence-corrected chi connectivity index (χ2v) is 11.2. The van der Waals surface area contributed by atoms with Crippen LogP contribution < -0.4 is 9.62 Å². The van der Waals surface area contributed by atoms with Gasteiger partial charge in [0, 0.05) is 19.0 Å². The van der Waals surface area contributed by atoms with Crippen LogP contribution in [0.2, 0.25) is 0 Å². The van der Waals surface area contributed by atoms with Crippen molar-refractivity contribution < 1.29 is 22.7 Å². The Morgan fingerprint density at radius 1 is 1.21 bits per heavy atom. The topological polar surface area (TPSA) is 129 Å². The Morgan fingerprint density at radius 2 is 1.85 bits per heavy atom. The van der Waals surface area contributed by atoms with Gasteiger partial charge in [0.05, 0.1) is 29.2 Å². The van der Waals surface area contributed by atoms with Crippen LogP contribution in [0.4, 0.5) is 5.82 Å². The molecule has 1 saturated heterocycles. The lowest BCUT2D eigenvalue weighted by atomic mass is 9.84. The molecule has 34 heavy (non-hydrogen) atoms. The number of carbonyl (C=O) groups excluding carboxylic acids is 2. The smallest absolute Gasteiger partial charge is 0.340 e. The van der Waals surface area contributed by atoms with E-state index in [1.807, 2.05) is 4.90 Å². The van der Waals surface area contributed by atoms with E-state index in [1.165, 1.54) is 6.07 Å². The van der Waals surface area contributed by atoms with Crippen LogP contribution in [0.3, 0.4) is 0 Å². The highest BCUT2D eigenvalue weighted by atomic mass is 32.2. The van der Waals surface area contributed by atoms with Gasteiger partial charge in [-0.1, -0.05) is 19.8 Å². The van der Waals surface area contributed by atoms with Gasteiger partial charge in [-0.05, 0) is 57.4 Å². The molecule has 186 valence electrons. The lowest BCUT2D eigenvalue weighted by molar-refractivity contribution is -0.123. The molecule has 2 heterocycles.